The molecule has 0 bridgehead atoms. The summed E-state index contributed by atoms with van der Waals surface area (Å²) in [6.07, 6.45) is 29.1. The van der Waals surface area contributed by atoms with Crippen molar-refractivity contribution < 1.29 is 24.5 Å². The first-order valence-corrected chi connectivity index (χ1v) is 29.0. The number of rotatable bonds is 5. The first-order valence-electron chi connectivity index (χ1n) is 27.9. The number of aliphatic hydroxyl groups is 2. The maximum atomic E-state index is 12.2. The third-order valence-electron chi connectivity index (χ3n) is 20.4. The van der Waals surface area contributed by atoms with Crippen LogP contribution in [0.5, 0.6) is 0 Å². The molecule has 1 aliphatic heterocycles. The van der Waals surface area contributed by atoms with Gasteiger partial charge in [0.05, 0.1) is 19.1 Å². The largest absolute Gasteiger partial charge is 0.378 e. The Bertz CT molecular complexity index is 1860. The average molecular weight is 979 g/mol. The van der Waals surface area contributed by atoms with Crippen molar-refractivity contribution in [3.05, 3.63) is 0 Å². The van der Waals surface area contributed by atoms with Crippen LogP contribution in [0.4, 0.5) is 0 Å². The van der Waals surface area contributed by atoms with E-state index in [4.69, 9.17) is 39.1 Å². The topological polar surface area (TPSA) is 88.0 Å². The van der Waals surface area contributed by atoms with Crippen molar-refractivity contribution in [3.8, 4) is 36.0 Å². The van der Waals surface area contributed by atoms with Crippen molar-refractivity contribution >= 4 is 29.0 Å². The molecule has 10 rings (SSSR count). The minimum Gasteiger partial charge on any atom is -0.378 e. The van der Waals surface area contributed by atoms with E-state index < -0.39 is 11.2 Å². The Kier molecular flexibility index (Phi) is 18.3. The smallest absolute Gasteiger partial charge is 0.169 e. The summed E-state index contributed by atoms with van der Waals surface area (Å²) >= 11 is 10.9. The summed E-state index contributed by atoms with van der Waals surface area (Å²) in [5.74, 6) is 25.3. The van der Waals surface area contributed by atoms with Gasteiger partial charge in [0.2, 0.25) is 0 Å². The number of ketones is 1. The van der Waals surface area contributed by atoms with E-state index in [0.29, 0.717) is 71.1 Å². The summed E-state index contributed by atoms with van der Waals surface area (Å²) in [6, 6.07) is 1.25. The van der Waals surface area contributed by atoms with Gasteiger partial charge in [-0.3, -0.25) is 4.79 Å². The molecule has 1 heterocycles. The van der Waals surface area contributed by atoms with Crippen molar-refractivity contribution in [3.63, 3.8) is 0 Å². The number of fused-ring (bicyclic) bond motifs is 10. The predicted octanol–water partition coefficient (Wildman–Crippen LogP) is 12.6. The van der Waals surface area contributed by atoms with E-state index in [1.165, 1.54) is 89.9 Å². The Morgan fingerprint density at radius 2 is 1.18 bits per heavy atom. The number of carbonyl (C=O) groups excluding carboxylic acids is 1. The molecule has 6 nitrogen and oxygen atoms in total. The molecule has 10 fully saturated rings. The van der Waals surface area contributed by atoms with Gasteiger partial charge in [-0.1, -0.05) is 65.2 Å². The molecule has 8 heteroatoms. The zero-order chi connectivity index (χ0) is 49.1. The van der Waals surface area contributed by atoms with Crippen molar-refractivity contribution in [2.24, 2.45) is 87.8 Å². The van der Waals surface area contributed by atoms with Gasteiger partial charge in [0.25, 0.3) is 0 Å². The van der Waals surface area contributed by atoms with Gasteiger partial charge < -0.3 is 25.0 Å². The van der Waals surface area contributed by atoms with Gasteiger partial charge in [-0.2, -0.15) is 0 Å². The Labute approximate surface area is 424 Å². The number of carbonyl (C=O) groups is 1. The molecule has 16 atom stereocenters. The molecule has 68 heavy (non-hydrogen) atoms. The lowest BCUT2D eigenvalue weighted by atomic mass is 9.48. The van der Waals surface area contributed by atoms with Crippen molar-refractivity contribution in [1.29, 1.82) is 0 Å². The number of ether oxygens (including phenoxy) is 2. The zero-order valence-electron chi connectivity index (χ0n) is 43.8. The molecule has 1 saturated heterocycles. The van der Waals surface area contributed by atoms with E-state index in [-0.39, 0.29) is 11.2 Å². The van der Waals surface area contributed by atoms with Gasteiger partial charge in [0, 0.05) is 42.1 Å². The van der Waals surface area contributed by atoms with Gasteiger partial charge in [0.1, 0.15) is 17.0 Å². The number of alkyl halides is 2. The fourth-order valence-corrected chi connectivity index (χ4v) is 17.8. The Hall–Kier alpha value is -1.27. The van der Waals surface area contributed by atoms with Crippen molar-refractivity contribution in [1.82, 2.24) is 5.32 Å². The van der Waals surface area contributed by atoms with Gasteiger partial charge in [-0.05, 0) is 212 Å². The van der Waals surface area contributed by atoms with Gasteiger partial charge in [-0.15, -0.1) is 35.5 Å². The average Bonchev–Trinajstić information content (AvgIpc) is 3.73. The molecule has 10 aliphatic rings. The minimum atomic E-state index is -0.795. The summed E-state index contributed by atoms with van der Waals surface area (Å²) in [6.45, 7) is 19.1. The van der Waals surface area contributed by atoms with Crippen molar-refractivity contribution in [2.75, 3.05) is 25.0 Å². The highest BCUT2D eigenvalue weighted by Crippen LogP contribution is 2.68. The molecule has 0 aromatic rings. The second-order valence-electron chi connectivity index (χ2n) is 25.2. The number of hydrogen-bond donors (Lipinski definition) is 3. The van der Waals surface area contributed by atoms with Crippen LogP contribution in [0.3, 0.4) is 0 Å². The fraction of sp³-hybridized carbons (Fsp3) is 0.883. The van der Waals surface area contributed by atoms with E-state index in [9.17, 15) is 15.0 Å². The highest BCUT2D eigenvalue weighted by atomic mass is 35.5. The van der Waals surface area contributed by atoms with Crippen LogP contribution in [0.2, 0.25) is 0 Å². The van der Waals surface area contributed by atoms with Gasteiger partial charge in [0.15, 0.2) is 5.79 Å². The molecule has 8 unspecified atom stereocenters. The molecule has 0 radical (unpaired) electrons. The van der Waals surface area contributed by atoms with Gasteiger partial charge in [-0.25, -0.2) is 0 Å². The summed E-state index contributed by atoms with van der Waals surface area (Å²) in [4.78, 5) is 12.2. The minimum absolute atomic E-state index is 0.269. The van der Waals surface area contributed by atoms with Gasteiger partial charge >= 0.3 is 0 Å². The van der Waals surface area contributed by atoms with E-state index in [0.717, 1.165) is 99.1 Å². The molecule has 0 spiro atoms. The monoisotopic (exact) mass is 978 g/mol. The summed E-state index contributed by atoms with van der Waals surface area (Å²) in [5, 5.41) is 25.3. The first-order chi connectivity index (χ1) is 32.3. The summed E-state index contributed by atoms with van der Waals surface area (Å²) in [5.41, 5.74) is -0.873. The molecule has 3 N–H and O–H groups in total. The third kappa shape index (κ3) is 12.0. The van der Waals surface area contributed by atoms with Crippen LogP contribution in [0.15, 0.2) is 0 Å². The lowest BCUT2D eigenvalue weighted by Gasteiger charge is -2.57. The lowest BCUT2D eigenvalue weighted by Crippen LogP contribution is -2.53. The first kappa shape index (κ1) is 54.5. The molecule has 382 valence electrons. The Balaban J connectivity index is 0.000000163. The Morgan fingerprint density at radius 1 is 0.662 bits per heavy atom. The lowest BCUT2D eigenvalue weighted by molar-refractivity contribution is -0.215. The zero-order valence-corrected chi connectivity index (χ0v) is 45.3. The number of hydrogen-bond acceptors (Lipinski definition) is 6. The predicted molar refractivity (Wildman–Crippen MR) is 279 cm³/mol. The molecular formula is C60H93Cl2NO5. The third-order valence-corrected chi connectivity index (χ3v) is 20.7. The van der Waals surface area contributed by atoms with E-state index in [1.54, 1.807) is 0 Å². The van der Waals surface area contributed by atoms with E-state index in [1.807, 2.05) is 6.92 Å². The standard InChI is InChI=1S/C25H37ClO3.C25H36O2.C6H15N.C4H5Cl/c1-23-11-8-19-18-9-12-25(27,10-3-13-26)16-17(18)4-5-20(19)21(23)6-7-22(23)24(2)28-14-15-29-24;1-16(26)22-7-8-23-21-6-5-18-15-25(27,13-9-17-3-4-17)14-11-19(18)20(21)10-12-24(22,23)2;1-5(2)7-6(3)4;1-2-3-4-5/h17-22,27H,4-9,11-16H2,1-2H3;17-23,27H,3-8,10-12,14-15H2,1-2H3;5-7H,1-4H3;1H,3-4H2/t17?,18-,19?,20?,21?,22-,23-,25+;18?,19-,20?,21?,22+,23?,24+,25+;;/m00../s1. The quantitative estimate of drug-likeness (QED) is 0.188. The second kappa shape index (κ2) is 22.9. The number of terminal acetylenes is 1. The van der Waals surface area contributed by atoms with Crippen LogP contribution in [0.25, 0.3) is 0 Å². The number of Topliss-reactive ketones (excluding diaryl/α,β-unsaturated/α-hetero) is 1. The second-order valence-corrected chi connectivity index (χ2v) is 25.8. The highest BCUT2D eigenvalue weighted by molar-refractivity contribution is 6.19. The van der Waals surface area contributed by atoms with Crippen LogP contribution in [0.1, 0.15) is 190 Å². The molecule has 9 aliphatic carbocycles. The van der Waals surface area contributed by atoms with E-state index >= 15 is 0 Å². The molecule has 0 amide bonds. The summed E-state index contributed by atoms with van der Waals surface area (Å²) in [7, 11) is 0. The van der Waals surface area contributed by atoms with Crippen LogP contribution in [0, 0.1) is 124 Å². The SMILES string of the molecule is C#CCCCl.CC(=O)[C@H]1CCC2C3CCC4C[C@@](O)(C#CC5CC5)CC[C@@H]4C3CC[C@@]21C.CC(C)NC(C)C.CC1([C@H]2CCC3C4CCC5C[C@@](O)(C#CCCl)CC[C@@H]5C4CC[C@@]32C)OCCO1. The van der Waals surface area contributed by atoms with Crippen LogP contribution in [-0.4, -0.2) is 70.0 Å². The fourth-order valence-electron chi connectivity index (χ4n) is 17.6. The Morgan fingerprint density at radius 3 is 1.65 bits per heavy atom. The molecule has 0 aromatic carbocycles. The summed E-state index contributed by atoms with van der Waals surface area (Å²) < 4.78 is 12.3. The van der Waals surface area contributed by atoms with E-state index in [2.05, 4.69) is 83.4 Å². The number of nitrogens with one attached hydrogen (secondary N) is 1. The van der Waals surface area contributed by atoms with Crippen LogP contribution >= 0.6 is 23.2 Å². The highest BCUT2D eigenvalue weighted by Gasteiger charge is 2.63. The molecule has 9 saturated carbocycles. The van der Waals surface area contributed by atoms with Crippen LogP contribution in [-0.2, 0) is 14.3 Å². The molecule has 0 aromatic heterocycles. The maximum absolute atomic E-state index is 12.2. The molecular weight excluding hydrogens is 886 g/mol. The maximum Gasteiger partial charge on any atom is 0.169 e. The normalized spacial score (nSPS) is 43.7. The van der Waals surface area contributed by atoms with Crippen molar-refractivity contribution in [2.45, 2.75) is 219 Å². The number of halogens is 2. The van der Waals surface area contributed by atoms with Crippen LogP contribution < -0.4 is 5.32 Å².